The molecule has 0 aliphatic carbocycles. The number of hydrogen-bond donors (Lipinski definition) is 4. The second-order valence-electron chi connectivity index (χ2n) is 1.80. The van der Waals surface area contributed by atoms with Crippen LogP contribution in [0.4, 0.5) is 0 Å². The molecule has 0 atom stereocenters. The first-order chi connectivity index (χ1) is 5.70. The maximum absolute atomic E-state index is 11.0. The zero-order chi connectivity index (χ0) is 8.97. The van der Waals surface area contributed by atoms with E-state index in [9.17, 15) is 4.79 Å². The summed E-state index contributed by atoms with van der Waals surface area (Å²) in [6.45, 7) is 0. The molecule has 5 N–H and O–H groups in total. The first-order valence-electron chi connectivity index (χ1n) is 2.91. The summed E-state index contributed by atoms with van der Waals surface area (Å²) < 4.78 is 0. The van der Waals surface area contributed by atoms with Crippen LogP contribution in [0.25, 0.3) is 0 Å². The average molecular weight is 186 g/mol. The number of H-pyrrole nitrogens is 1. The third-order valence-electron chi connectivity index (χ3n) is 0.947. The van der Waals surface area contributed by atoms with Crippen LogP contribution in [0.2, 0.25) is 0 Å². The molecule has 0 unspecified atom stereocenters. The van der Waals surface area contributed by atoms with Gasteiger partial charge in [-0.05, 0) is 12.2 Å². The Balaban J connectivity index is 2.45. The van der Waals surface area contributed by atoms with Gasteiger partial charge in [0.2, 0.25) is 0 Å². The van der Waals surface area contributed by atoms with Crippen LogP contribution in [-0.2, 0) is 0 Å². The molecule has 0 aliphatic heterocycles. The van der Waals surface area contributed by atoms with Gasteiger partial charge in [-0.15, -0.1) is 0 Å². The Labute approximate surface area is 72.7 Å². The predicted molar refractivity (Wildman–Crippen MR) is 43.8 cm³/mol. The molecule has 0 radical (unpaired) electrons. The molecular weight excluding hydrogens is 180 g/mol. The largest absolute Gasteiger partial charge is 0.375 e. The SMILES string of the molecule is NC(=S)NNC(=O)c1cn[nH]n1. The fourth-order valence-electron chi connectivity index (χ4n) is 0.493. The summed E-state index contributed by atoms with van der Waals surface area (Å²) >= 11 is 4.45. The van der Waals surface area contributed by atoms with Crippen molar-refractivity contribution < 1.29 is 4.79 Å². The minimum absolute atomic E-state index is 0.0214. The van der Waals surface area contributed by atoms with Crippen LogP contribution in [0.3, 0.4) is 0 Å². The Morgan fingerprint density at radius 3 is 2.92 bits per heavy atom. The van der Waals surface area contributed by atoms with E-state index < -0.39 is 5.91 Å². The molecule has 1 heterocycles. The first-order valence-corrected chi connectivity index (χ1v) is 3.32. The fraction of sp³-hybridized carbons (Fsp3) is 0. The first kappa shape index (κ1) is 8.40. The van der Waals surface area contributed by atoms with Crippen LogP contribution in [0.15, 0.2) is 6.20 Å². The van der Waals surface area contributed by atoms with Gasteiger partial charge in [0.15, 0.2) is 10.8 Å². The van der Waals surface area contributed by atoms with E-state index in [0.717, 1.165) is 0 Å². The number of aromatic amines is 1. The molecule has 0 aromatic carbocycles. The predicted octanol–water partition coefficient (Wildman–Crippen LogP) is -1.72. The third-order valence-corrected chi connectivity index (χ3v) is 1.05. The molecule has 0 aliphatic rings. The lowest BCUT2D eigenvalue weighted by atomic mass is 10.5. The maximum Gasteiger partial charge on any atom is 0.291 e. The van der Waals surface area contributed by atoms with Crippen molar-refractivity contribution in [2.75, 3.05) is 0 Å². The number of hydrazine groups is 1. The molecule has 1 aromatic rings. The molecule has 64 valence electrons. The van der Waals surface area contributed by atoms with Crippen molar-refractivity contribution in [1.82, 2.24) is 26.3 Å². The lowest BCUT2D eigenvalue weighted by molar-refractivity contribution is 0.0939. The summed E-state index contributed by atoms with van der Waals surface area (Å²) in [6.07, 6.45) is 1.27. The highest BCUT2D eigenvalue weighted by atomic mass is 32.1. The second-order valence-corrected chi connectivity index (χ2v) is 2.24. The number of aromatic nitrogens is 3. The standard InChI is InChI=1S/C4H6N6OS/c5-4(12)9-8-3(11)2-1-6-10-7-2/h1H,(H,8,11)(H3,5,9,12)(H,6,7,10). The van der Waals surface area contributed by atoms with Gasteiger partial charge < -0.3 is 5.73 Å². The Kier molecular flexibility index (Phi) is 2.53. The normalized spacial score (nSPS) is 9.00. The van der Waals surface area contributed by atoms with Gasteiger partial charge in [0.1, 0.15) is 0 Å². The van der Waals surface area contributed by atoms with Gasteiger partial charge in [-0.25, -0.2) is 0 Å². The summed E-state index contributed by atoms with van der Waals surface area (Å²) in [5.41, 5.74) is 9.68. The Morgan fingerprint density at radius 2 is 2.42 bits per heavy atom. The van der Waals surface area contributed by atoms with Crippen LogP contribution >= 0.6 is 12.2 Å². The summed E-state index contributed by atoms with van der Waals surface area (Å²) in [4.78, 5) is 11.0. The number of nitrogens with zero attached hydrogens (tertiary/aromatic N) is 2. The Bertz CT molecular complexity index is 282. The van der Waals surface area contributed by atoms with E-state index in [-0.39, 0.29) is 10.8 Å². The van der Waals surface area contributed by atoms with Crippen LogP contribution in [0, 0.1) is 0 Å². The van der Waals surface area contributed by atoms with E-state index in [1.54, 1.807) is 0 Å². The molecule has 0 spiro atoms. The number of carbonyl (C=O) groups is 1. The number of hydrogen-bond acceptors (Lipinski definition) is 4. The van der Waals surface area contributed by atoms with Gasteiger partial charge >= 0.3 is 0 Å². The van der Waals surface area contributed by atoms with Crippen molar-refractivity contribution in [3.8, 4) is 0 Å². The molecule has 0 bridgehead atoms. The quantitative estimate of drug-likeness (QED) is 0.307. The summed E-state index contributed by atoms with van der Waals surface area (Å²) in [6, 6.07) is 0. The van der Waals surface area contributed by atoms with Gasteiger partial charge in [0.25, 0.3) is 5.91 Å². The van der Waals surface area contributed by atoms with Crippen LogP contribution in [0.5, 0.6) is 0 Å². The highest BCUT2D eigenvalue weighted by Crippen LogP contribution is 1.85. The highest BCUT2D eigenvalue weighted by Gasteiger charge is 2.06. The molecule has 0 saturated carbocycles. The lowest BCUT2D eigenvalue weighted by Gasteiger charge is -2.02. The number of nitrogens with one attached hydrogen (secondary N) is 3. The van der Waals surface area contributed by atoms with Gasteiger partial charge in [-0.2, -0.15) is 15.4 Å². The van der Waals surface area contributed by atoms with E-state index in [4.69, 9.17) is 5.73 Å². The molecule has 0 saturated heterocycles. The molecule has 1 aromatic heterocycles. The molecule has 0 fully saturated rings. The molecule has 7 nitrogen and oxygen atoms in total. The smallest absolute Gasteiger partial charge is 0.291 e. The topological polar surface area (TPSA) is 109 Å². The zero-order valence-electron chi connectivity index (χ0n) is 5.87. The van der Waals surface area contributed by atoms with E-state index >= 15 is 0 Å². The van der Waals surface area contributed by atoms with Crippen molar-refractivity contribution in [2.24, 2.45) is 5.73 Å². The van der Waals surface area contributed by atoms with Crippen molar-refractivity contribution in [3.63, 3.8) is 0 Å². The Hall–Kier alpha value is -1.70. The number of thiocarbonyl (C=S) groups is 1. The van der Waals surface area contributed by atoms with Crippen molar-refractivity contribution in [3.05, 3.63) is 11.9 Å². The lowest BCUT2D eigenvalue weighted by Crippen LogP contribution is -2.44. The van der Waals surface area contributed by atoms with Crippen molar-refractivity contribution in [2.45, 2.75) is 0 Å². The maximum atomic E-state index is 11.0. The zero-order valence-corrected chi connectivity index (χ0v) is 6.68. The van der Waals surface area contributed by atoms with Gasteiger partial charge in [-0.3, -0.25) is 15.6 Å². The number of nitrogens with two attached hydrogens (primary N) is 1. The van der Waals surface area contributed by atoms with Crippen LogP contribution in [0.1, 0.15) is 10.5 Å². The Morgan fingerprint density at radius 1 is 1.67 bits per heavy atom. The van der Waals surface area contributed by atoms with E-state index in [1.165, 1.54) is 6.20 Å². The van der Waals surface area contributed by atoms with Gasteiger partial charge in [-0.1, -0.05) is 0 Å². The van der Waals surface area contributed by atoms with Gasteiger partial charge in [0, 0.05) is 0 Å². The summed E-state index contributed by atoms with van der Waals surface area (Å²) in [5, 5.41) is 9.23. The van der Waals surface area contributed by atoms with E-state index in [0.29, 0.717) is 0 Å². The van der Waals surface area contributed by atoms with Crippen molar-refractivity contribution >= 4 is 23.2 Å². The minimum atomic E-state index is -0.462. The van der Waals surface area contributed by atoms with Crippen LogP contribution in [-0.4, -0.2) is 26.4 Å². The number of rotatable bonds is 1. The molecule has 8 heteroatoms. The third kappa shape index (κ3) is 2.16. The highest BCUT2D eigenvalue weighted by molar-refractivity contribution is 7.80. The average Bonchev–Trinajstić information content (AvgIpc) is 2.51. The van der Waals surface area contributed by atoms with Crippen LogP contribution < -0.4 is 16.6 Å². The van der Waals surface area contributed by atoms with Crippen molar-refractivity contribution in [1.29, 1.82) is 0 Å². The molecule has 1 rings (SSSR count). The van der Waals surface area contributed by atoms with Gasteiger partial charge in [0.05, 0.1) is 6.20 Å². The number of amides is 1. The summed E-state index contributed by atoms with van der Waals surface area (Å²) in [5.74, 6) is -0.462. The minimum Gasteiger partial charge on any atom is -0.375 e. The van der Waals surface area contributed by atoms with E-state index in [2.05, 4.69) is 38.5 Å². The van der Waals surface area contributed by atoms with E-state index in [1.807, 2.05) is 0 Å². The fourth-order valence-corrected chi connectivity index (χ4v) is 0.544. The summed E-state index contributed by atoms with van der Waals surface area (Å²) in [7, 11) is 0. The molecule has 1 amide bonds. The molecule has 12 heavy (non-hydrogen) atoms. The monoisotopic (exact) mass is 186 g/mol. The second kappa shape index (κ2) is 3.62. The number of carbonyl (C=O) groups excluding carboxylic acids is 1. The molecular formula is C4H6N6OS.